The summed E-state index contributed by atoms with van der Waals surface area (Å²) in [7, 11) is 0.339. The molecule has 2 aromatic carbocycles. The number of imidazole rings is 1. The molecule has 0 saturated heterocycles. The molecule has 1 unspecified atom stereocenters. The SMILES string of the molecule is COc1c(C#N)ccc2c1cc(-c1cn3c(n1)C(c1cccc(F)c1C)OCC3)n2COCC[Si](C)(C)C. The highest BCUT2D eigenvalue weighted by Gasteiger charge is 2.29. The first-order valence-corrected chi connectivity index (χ1v) is 16.5. The van der Waals surface area contributed by atoms with Gasteiger partial charge in [-0.05, 0) is 48.4 Å². The Bertz CT molecular complexity index is 1530. The molecule has 4 aromatic rings. The summed E-state index contributed by atoms with van der Waals surface area (Å²) < 4.78 is 36.5. The molecule has 0 aliphatic carbocycles. The lowest BCUT2D eigenvalue weighted by Gasteiger charge is -2.25. The maximum atomic E-state index is 14.4. The van der Waals surface area contributed by atoms with Crippen LogP contribution in [-0.4, -0.2) is 42.5 Å². The second-order valence-electron chi connectivity index (χ2n) is 10.9. The summed E-state index contributed by atoms with van der Waals surface area (Å²) in [4.78, 5) is 5.01. The molecule has 0 saturated carbocycles. The first-order chi connectivity index (χ1) is 18.2. The van der Waals surface area contributed by atoms with Gasteiger partial charge in [0.15, 0.2) is 0 Å². The molecule has 0 radical (unpaired) electrons. The maximum Gasteiger partial charge on any atom is 0.146 e. The van der Waals surface area contributed by atoms with Gasteiger partial charge in [0.25, 0.3) is 0 Å². The Morgan fingerprint density at radius 2 is 2.05 bits per heavy atom. The van der Waals surface area contributed by atoms with Gasteiger partial charge >= 0.3 is 0 Å². The molecule has 5 rings (SSSR count). The van der Waals surface area contributed by atoms with E-state index >= 15 is 0 Å². The number of nitriles is 1. The number of nitrogens with zero attached hydrogens (tertiary/aromatic N) is 4. The van der Waals surface area contributed by atoms with E-state index in [2.05, 4.69) is 34.8 Å². The largest absolute Gasteiger partial charge is 0.495 e. The van der Waals surface area contributed by atoms with Crippen LogP contribution in [0.15, 0.2) is 42.6 Å². The molecule has 9 heteroatoms. The van der Waals surface area contributed by atoms with Crippen molar-refractivity contribution < 1.29 is 18.6 Å². The molecule has 0 spiro atoms. The van der Waals surface area contributed by atoms with Crippen LogP contribution in [0.5, 0.6) is 5.75 Å². The van der Waals surface area contributed by atoms with Gasteiger partial charge in [-0.25, -0.2) is 9.37 Å². The normalized spacial score (nSPS) is 15.4. The van der Waals surface area contributed by atoms with Crippen LogP contribution in [0.1, 0.15) is 28.6 Å². The molecule has 1 atom stereocenters. The Morgan fingerprint density at radius 1 is 1.24 bits per heavy atom. The lowest BCUT2D eigenvalue weighted by atomic mass is 10.0. The monoisotopic (exact) mass is 532 g/mol. The molecule has 1 aliphatic heterocycles. The van der Waals surface area contributed by atoms with E-state index in [1.807, 2.05) is 24.4 Å². The number of benzene rings is 2. The summed E-state index contributed by atoms with van der Waals surface area (Å²) >= 11 is 0. The molecular weight excluding hydrogens is 499 g/mol. The number of fused-ring (bicyclic) bond motifs is 2. The lowest BCUT2D eigenvalue weighted by molar-refractivity contribution is 0.0424. The second kappa shape index (κ2) is 10.4. The Hall–Kier alpha value is -3.45. The molecule has 0 N–H and O–H groups in total. The van der Waals surface area contributed by atoms with Gasteiger partial charge in [0.2, 0.25) is 0 Å². The van der Waals surface area contributed by atoms with Gasteiger partial charge in [0, 0.05) is 32.8 Å². The predicted molar refractivity (Wildman–Crippen MR) is 147 cm³/mol. The van der Waals surface area contributed by atoms with Crippen LogP contribution >= 0.6 is 0 Å². The quantitative estimate of drug-likeness (QED) is 0.198. The third-order valence-electron chi connectivity index (χ3n) is 7.09. The molecule has 38 heavy (non-hydrogen) atoms. The molecule has 0 bridgehead atoms. The van der Waals surface area contributed by atoms with Crippen molar-refractivity contribution in [2.75, 3.05) is 20.3 Å². The fourth-order valence-electron chi connectivity index (χ4n) is 4.92. The van der Waals surface area contributed by atoms with Gasteiger partial charge in [-0.1, -0.05) is 31.8 Å². The topological polar surface area (TPSA) is 74.2 Å². The molecule has 198 valence electrons. The fourth-order valence-corrected chi connectivity index (χ4v) is 5.68. The van der Waals surface area contributed by atoms with E-state index in [0.29, 0.717) is 43.4 Å². The summed E-state index contributed by atoms with van der Waals surface area (Å²) in [5.41, 5.74) is 4.34. The van der Waals surface area contributed by atoms with E-state index in [1.165, 1.54) is 6.07 Å². The van der Waals surface area contributed by atoms with Crippen LogP contribution in [-0.2, 0) is 22.7 Å². The zero-order chi connectivity index (χ0) is 27.0. The van der Waals surface area contributed by atoms with E-state index in [-0.39, 0.29) is 5.82 Å². The molecular formula is C29H33FN4O3Si. The van der Waals surface area contributed by atoms with Gasteiger partial charge in [0.05, 0.1) is 30.5 Å². The molecule has 7 nitrogen and oxygen atoms in total. The molecule has 1 aliphatic rings. The second-order valence-corrected chi connectivity index (χ2v) is 16.5. The highest BCUT2D eigenvalue weighted by atomic mass is 28.3. The number of ether oxygens (including phenoxy) is 3. The number of rotatable bonds is 8. The number of halogens is 1. The minimum absolute atomic E-state index is 0.258. The van der Waals surface area contributed by atoms with Crippen molar-refractivity contribution in [3.63, 3.8) is 0 Å². The Balaban J connectivity index is 1.60. The average molecular weight is 533 g/mol. The van der Waals surface area contributed by atoms with Crippen molar-refractivity contribution in [2.45, 2.75) is 52.0 Å². The summed E-state index contributed by atoms with van der Waals surface area (Å²) in [5, 5.41) is 10.5. The van der Waals surface area contributed by atoms with E-state index in [9.17, 15) is 9.65 Å². The first kappa shape index (κ1) is 26.2. The first-order valence-electron chi connectivity index (χ1n) is 12.8. The van der Waals surface area contributed by atoms with E-state index in [0.717, 1.165) is 39.7 Å². The summed E-state index contributed by atoms with van der Waals surface area (Å²) in [6.07, 6.45) is 1.56. The molecule has 0 amide bonds. The highest BCUT2D eigenvalue weighted by molar-refractivity contribution is 6.76. The Labute approximate surface area is 223 Å². The molecule has 3 heterocycles. The lowest BCUT2D eigenvalue weighted by Crippen LogP contribution is -2.23. The standard InChI is InChI=1S/C29H33FN4O3Si/c1-19-21(7-6-8-23(19)30)28-29-32-24(17-33(29)11-12-37-28)26-15-22-25(10-9-20(16-31)27(22)35-2)34(26)18-36-13-14-38(3,4)5/h6-10,15,17,28H,11-14,18H2,1-5H3. The van der Waals surface area contributed by atoms with E-state index in [4.69, 9.17) is 19.2 Å². The molecule has 2 aromatic heterocycles. The van der Waals surface area contributed by atoms with Crippen LogP contribution < -0.4 is 4.74 Å². The fraction of sp³-hybridized carbons (Fsp3) is 0.379. The Kier molecular flexibility index (Phi) is 7.14. The number of aromatic nitrogens is 3. The van der Waals surface area contributed by atoms with E-state index in [1.54, 1.807) is 26.2 Å². The van der Waals surface area contributed by atoms with Gasteiger partial charge in [-0.2, -0.15) is 5.26 Å². The third kappa shape index (κ3) is 4.87. The summed E-state index contributed by atoms with van der Waals surface area (Å²) in [6.45, 7) is 10.9. The van der Waals surface area contributed by atoms with Gasteiger partial charge in [-0.3, -0.25) is 0 Å². The smallest absolute Gasteiger partial charge is 0.146 e. The number of hydrogen-bond donors (Lipinski definition) is 0. The number of hydrogen-bond acceptors (Lipinski definition) is 5. The van der Waals surface area contributed by atoms with Crippen LogP contribution in [0.2, 0.25) is 25.7 Å². The van der Waals surface area contributed by atoms with Crippen LogP contribution in [0.25, 0.3) is 22.3 Å². The predicted octanol–water partition coefficient (Wildman–Crippen LogP) is 6.26. The van der Waals surface area contributed by atoms with Crippen LogP contribution in [0.4, 0.5) is 4.39 Å². The van der Waals surface area contributed by atoms with Crippen molar-refractivity contribution in [3.8, 4) is 23.2 Å². The third-order valence-corrected chi connectivity index (χ3v) is 8.79. The zero-order valence-corrected chi connectivity index (χ0v) is 23.5. The summed E-state index contributed by atoms with van der Waals surface area (Å²) in [6, 6.07) is 14.1. The average Bonchev–Trinajstić information content (AvgIpc) is 3.48. The van der Waals surface area contributed by atoms with Crippen molar-refractivity contribution in [1.29, 1.82) is 5.26 Å². The zero-order valence-electron chi connectivity index (χ0n) is 22.5. The minimum atomic E-state index is -1.24. The Morgan fingerprint density at radius 3 is 2.79 bits per heavy atom. The van der Waals surface area contributed by atoms with Crippen molar-refractivity contribution in [3.05, 3.63) is 70.9 Å². The van der Waals surface area contributed by atoms with Crippen molar-refractivity contribution in [2.24, 2.45) is 0 Å². The van der Waals surface area contributed by atoms with Crippen LogP contribution in [0, 0.1) is 24.1 Å². The summed E-state index contributed by atoms with van der Waals surface area (Å²) in [5.74, 6) is 1.01. The highest BCUT2D eigenvalue weighted by Crippen LogP contribution is 2.38. The van der Waals surface area contributed by atoms with Gasteiger partial charge < -0.3 is 23.3 Å². The van der Waals surface area contributed by atoms with Crippen molar-refractivity contribution in [1.82, 2.24) is 14.1 Å². The van der Waals surface area contributed by atoms with Gasteiger partial charge in [-0.15, -0.1) is 0 Å². The van der Waals surface area contributed by atoms with E-state index < -0.39 is 14.2 Å². The minimum Gasteiger partial charge on any atom is -0.495 e. The van der Waals surface area contributed by atoms with Crippen molar-refractivity contribution >= 4 is 19.0 Å². The maximum absolute atomic E-state index is 14.4. The molecule has 0 fully saturated rings. The number of methoxy groups -OCH3 is 1. The van der Waals surface area contributed by atoms with Crippen LogP contribution in [0.3, 0.4) is 0 Å². The van der Waals surface area contributed by atoms with Gasteiger partial charge in [0.1, 0.15) is 42.0 Å².